The van der Waals surface area contributed by atoms with Gasteiger partial charge in [-0.15, -0.1) is 0 Å². The molecule has 514 valence electrons. The van der Waals surface area contributed by atoms with Crippen molar-refractivity contribution in [2.45, 2.75) is 40.5 Å². The molecule has 0 heterocycles. The molecule has 0 radical (unpaired) electrons. The quantitative estimate of drug-likeness (QED) is 0.0792. The molecule has 0 aromatic carbocycles. The normalized spacial score (nSPS) is 11.9. The molecule has 0 aromatic rings. The fourth-order valence-corrected chi connectivity index (χ4v) is 6.14. The van der Waals surface area contributed by atoms with Gasteiger partial charge in [0.2, 0.25) is 0 Å². The Labute approximate surface area is 514 Å². The van der Waals surface area contributed by atoms with Crippen LogP contribution in [-0.4, -0.2) is 342 Å². The van der Waals surface area contributed by atoms with E-state index < -0.39 is 0 Å². The minimum absolute atomic E-state index is 0.120. The third kappa shape index (κ3) is 76.6. The standard InChI is InChI=1S/C59H116O27/c1-57(60)5-7-62-9-11-64-13-15-66-17-19-68-21-23-70-25-27-72-29-31-74-33-35-76-37-39-78-41-43-80-45-47-82-49-51-84-53-55-86-56-54-85-52-50-83-48-46-81-44-42-79-40-38-77-36-34-75-32-30-73-28-26-71-24-22-69-20-18-67-16-14-65-12-10-63-8-6-58(61)59(2,3)4/h5-56H2,1-4H3. The zero-order valence-electron chi connectivity index (χ0n) is 53.3. The first-order valence-electron chi connectivity index (χ1n) is 30.8. The molecule has 0 aromatic heterocycles. The van der Waals surface area contributed by atoms with Crippen LogP contribution in [0.5, 0.6) is 0 Å². The number of ketones is 2. The topological polar surface area (TPSA) is 265 Å². The zero-order chi connectivity index (χ0) is 62.1. The minimum atomic E-state index is -0.325. The van der Waals surface area contributed by atoms with Crippen LogP contribution in [0, 0.1) is 5.41 Å². The molecule has 0 bridgehead atoms. The monoisotopic (exact) mass is 1260 g/mol. The Morgan fingerprint density at radius 2 is 0.267 bits per heavy atom. The van der Waals surface area contributed by atoms with Gasteiger partial charge in [-0.2, -0.15) is 0 Å². The van der Waals surface area contributed by atoms with E-state index in [1.165, 1.54) is 0 Å². The molecule has 27 nitrogen and oxygen atoms in total. The van der Waals surface area contributed by atoms with Gasteiger partial charge >= 0.3 is 0 Å². The van der Waals surface area contributed by atoms with Crippen molar-refractivity contribution >= 4 is 11.6 Å². The smallest absolute Gasteiger partial charge is 0.140 e. The zero-order valence-corrected chi connectivity index (χ0v) is 53.3. The molecule has 0 atom stereocenters. The van der Waals surface area contributed by atoms with Gasteiger partial charge in [0.1, 0.15) is 11.6 Å². The number of hydrogen-bond acceptors (Lipinski definition) is 27. The number of carbonyl (C=O) groups excluding carboxylic acids is 2. The summed E-state index contributed by atoms with van der Waals surface area (Å²) in [4.78, 5) is 22.7. The third-order valence-corrected chi connectivity index (χ3v) is 10.8. The Kier molecular flexibility index (Phi) is 72.6. The molecule has 0 N–H and O–H groups in total. The fourth-order valence-electron chi connectivity index (χ4n) is 6.14. The summed E-state index contributed by atoms with van der Waals surface area (Å²) in [5.74, 6) is 0.316. The van der Waals surface area contributed by atoms with Crippen molar-refractivity contribution < 1.29 is 128 Å². The van der Waals surface area contributed by atoms with E-state index in [4.69, 9.17) is 118 Å². The van der Waals surface area contributed by atoms with Crippen molar-refractivity contribution in [2.75, 3.05) is 330 Å². The first-order valence-corrected chi connectivity index (χ1v) is 30.8. The van der Waals surface area contributed by atoms with Crippen LogP contribution in [0.1, 0.15) is 40.5 Å². The maximum Gasteiger partial charge on any atom is 0.140 e. The lowest BCUT2D eigenvalue weighted by atomic mass is 9.89. The second kappa shape index (κ2) is 74.1. The van der Waals surface area contributed by atoms with Gasteiger partial charge in [0.15, 0.2) is 0 Å². The predicted octanol–water partition coefficient (Wildman–Crippen LogP) is 2.39. The average molecular weight is 1260 g/mol. The Balaban J connectivity index is 3.10. The van der Waals surface area contributed by atoms with Gasteiger partial charge < -0.3 is 118 Å². The van der Waals surface area contributed by atoms with Gasteiger partial charge in [-0.05, 0) is 6.92 Å². The molecular weight excluding hydrogens is 1140 g/mol. The van der Waals surface area contributed by atoms with Crippen molar-refractivity contribution in [2.24, 2.45) is 5.41 Å². The third-order valence-electron chi connectivity index (χ3n) is 10.8. The lowest BCUT2D eigenvalue weighted by Gasteiger charge is -2.16. The second-order valence-electron chi connectivity index (χ2n) is 19.2. The van der Waals surface area contributed by atoms with Crippen LogP contribution < -0.4 is 0 Å². The van der Waals surface area contributed by atoms with E-state index in [1.807, 2.05) is 20.8 Å². The maximum atomic E-state index is 11.8. The Morgan fingerprint density at radius 1 is 0.174 bits per heavy atom. The van der Waals surface area contributed by atoms with Gasteiger partial charge in [-0.3, -0.25) is 9.59 Å². The maximum absolute atomic E-state index is 11.8. The van der Waals surface area contributed by atoms with Crippen LogP contribution in [0.25, 0.3) is 0 Å². The molecule has 0 amide bonds. The van der Waals surface area contributed by atoms with Crippen molar-refractivity contribution in [3.05, 3.63) is 0 Å². The van der Waals surface area contributed by atoms with Crippen LogP contribution in [0.2, 0.25) is 0 Å². The Bertz CT molecular complexity index is 1310. The van der Waals surface area contributed by atoms with Crippen LogP contribution in [0.15, 0.2) is 0 Å². The van der Waals surface area contributed by atoms with Gasteiger partial charge in [0.05, 0.1) is 330 Å². The average Bonchev–Trinajstić information content (AvgIpc) is 3.52. The first kappa shape index (κ1) is 84.3. The fraction of sp³-hybridized carbons (Fsp3) is 0.966. The van der Waals surface area contributed by atoms with Gasteiger partial charge in [0.25, 0.3) is 0 Å². The summed E-state index contributed by atoms with van der Waals surface area (Å²) in [7, 11) is 0. The SMILES string of the molecule is CC(=O)CCOCCOCCOCCOCCOCCOCCOCCOCCOCCOCCOCCOCCOCCOCCOCCOCCOCCOCCOCCOCCOCCOCCOCCOCCOCCC(=O)C(C)(C)C. The van der Waals surface area contributed by atoms with E-state index in [-0.39, 0.29) is 17.0 Å². The van der Waals surface area contributed by atoms with E-state index in [2.05, 4.69) is 0 Å². The summed E-state index contributed by atoms with van der Waals surface area (Å²) >= 11 is 0. The summed E-state index contributed by atoms with van der Waals surface area (Å²) in [5.41, 5.74) is -0.325. The van der Waals surface area contributed by atoms with Crippen molar-refractivity contribution in [3.63, 3.8) is 0 Å². The predicted molar refractivity (Wildman–Crippen MR) is 315 cm³/mol. The summed E-state index contributed by atoms with van der Waals surface area (Å²) < 4.78 is 137. The molecule has 0 rings (SSSR count). The molecule has 0 spiro atoms. The van der Waals surface area contributed by atoms with Crippen molar-refractivity contribution in [3.8, 4) is 0 Å². The summed E-state index contributed by atoms with van der Waals surface area (Å²) in [6.45, 7) is 31.3. The highest BCUT2D eigenvalue weighted by molar-refractivity contribution is 5.83. The molecule has 0 aliphatic carbocycles. The van der Waals surface area contributed by atoms with E-state index in [0.29, 0.717) is 343 Å². The lowest BCUT2D eigenvalue weighted by Crippen LogP contribution is -2.22. The molecule has 0 fully saturated rings. The lowest BCUT2D eigenvalue weighted by molar-refractivity contribution is -0.127. The van der Waals surface area contributed by atoms with E-state index >= 15 is 0 Å². The number of Topliss-reactive ketones (excluding diaryl/α,β-unsaturated/α-hetero) is 2. The van der Waals surface area contributed by atoms with E-state index in [1.54, 1.807) is 6.92 Å². The highest BCUT2D eigenvalue weighted by Gasteiger charge is 2.20. The molecular formula is C59H116O27. The Morgan fingerprint density at radius 3 is 0.360 bits per heavy atom. The molecule has 27 heteroatoms. The number of ether oxygens (including phenoxy) is 25. The largest absolute Gasteiger partial charge is 0.379 e. The minimum Gasteiger partial charge on any atom is -0.379 e. The molecule has 0 saturated heterocycles. The summed E-state index contributed by atoms with van der Waals surface area (Å²) in [5, 5.41) is 0. The van der Waals surface area contributed by atoms with Crippen molar-refractivity contribution in [1.82, 2.24) is 0 Å². The summed E-state index contributed by atoms with van der Waals surface area (Å²) in [6.07, 6.45) is 0.857. The molecule has 0 saturated carbocycles. The number of rotatable bonds is 78. The Hall–Kier alpha value is -1.66. The van der Waals surface area contributed by atoms with Crippen LogP contribution in [-0.2, 0) is 128 Å². The van der Waals surface area contributed by atoms with Gasteiger partial charge in [-0.1, -0.05) is 20.8 Å². The summed E-state index contributed by atoms with van der Waals surface area (Å²) in [6, 6.07) is 0. The van der Waals surface area contributed by atoms with Gasteiger partial charge in [0, 0.05) is 18.3 Å². The molecule has 86 heavy (non-hydrogen) atoms. The van der Waals surface area contributed by atoms with Crippen molar-refractivity contribution in [1.29, 1.82) is 0 Å². The van der Waals surface area contributed by atoms with Crippen LogP contribution in [0.3, 0.4) is 0 Å². The van der Waals surface area contributed by atoms with Gasteiger partial charge in [-0.25, -0.2) is 0 Å². The first-order chi connectivity index (χ1) is 42.3. The molecule has 0 unspecified atom stereocenters. The second-order valence-corrected chi connectivity index (χ2v) is 19.2. The highest BCUT2D eigenvalue weighted by Crippen LogP contribution is 2.16. The molecule has 0 aliphatic heterocycles. The van der Waals surface area contributed by atoms with Crippen LogP contribution >= 0.6 is 0 Å². The number of hydrogen-bond donors (Lipinski definition) is 0. The van der Waals surface area contributed by atoms with E-state index in [9.17, 15) is 9.59 Å². The molecule has 0 aliphatic rings. The van der Waals surface area contributed by atoms with E-state index in [0.717, 1.165) is 0 Å². The van der Waals surface area contributed by atoms with Crippen LogP contribution in [0.4, 0.5) is 0 Å². The highest BCUT2D eigenvalue weighted by atomic mass is 16.6. The number of carbonyl (C=O) groups is 2.